The Balaban J connectivity index is 0.000000587. The number of carboxylic acids is 1. The van der Waals surface area contributed by atoms with Crippen molar-refractivity contribution in [1.82, 2.24) is 0 Å². The summed E-state index contributed by atoms with van der Waals surface area (Å²) in [6.07, 6.45) is -0.397. The van der Waals surface area contributed by atoms with Crippen LogP contribution in [0.3, 0.4) is 0 Å². The van der Waals surface area contributed by atoms with Gasteiger partial charge in [0.1, 0.15) is 18.3 Å². The van der Waals surface area contributed by atoms with E-state index in [0.29, 0.717) is 29.6 Å². The van der Waals surface area contributed by atoms with Crippen LogP contribution in [0.1, 0.15) is 44.1 Å². The second-order valence-corrected chi connectivity index (χ2v) is 10.7. The normalized spacial score (nSPS) is 22.4. The summed E-state index contributed by atoms with van der Waals surface area (Å²) in [5, 5.41) is 20.4. The number of alkyl halides is 3. The molecular weight excluding hydrogens is 553 g/mol. The average Bonchev–Trinajstić information content (AvgIpc) is 3.58. The maximum Gasteiger partial charge on any atom is 0.430 e. The SMILES string of the molecule is C[N+]1(CCCOc2ccc(F)cc2F)CCC(OC(=O)C(O)(c2ccccc2)C2CCCC2)C1.O=C([O-])C(F)(F)F. The van der Waals surface area contributed by atoms with E-state index in [1.54, 1.807) is 12.1 Å². The van der Waals surface area contributed by atoms with Gasteiger partial charge >= 0.3 is 12.1 Å². The zero-order valence-corrected chi connectivity index (χ0v) is 22.7. The first-order valence-electron chi connectivity index (χ1n) is 13.4. The number of halogens is 5. The second-order valence-electron chi connectivity index (χ2n) is 10.7. The molecule has 1 heterocycles. The summed E-state index contributed by atoms with van der Waals surface area (Å²) in [6, 6.07) is 12.4. The number of likely N-dealkylation sites (tertiary alicyclic amines) is 1. The first kappa shape index (κ1) is 32.3. The summed E-state index contributed by atoms with van der Waals surface area (Å²) < 4.78 is 70.4. The van der Waals surface area contributed by atoms with E-state index >= 15 is 0 Å². The molecule has 0 radical (unpaired) electrons. The highest BCUT2D eigenvalue weighted by atomic mass is 19.4. The number of nitrogens with zero attached hydrogens (tertiary/aromatic N) is 1. The van der Waals surface area contributed by atoms with Gasteiger partial charge in [-0.2, -0.15) is 13.2 Å². The van der Waals surface area contributed by atoms with E-state index in [1.807, 2.05) is 18.2 Å². The van der Waals surface area contributed by atoms with E-state index in [0.717, 1.165) is 51.3 Å². The Labute approximate surface area is 235 Å². The highest BCUT2D eigenvalue weighted by molar-refractivity contribution is 5.81. The highest BCUT2D eigenvalue weighted by Crippen LogP contribution is 2.42. The van der Waals surface area contributed by atoms with Gasteiger partial charge in [-0.05, 0) is 30.5 Å². The van der Waals surface area contributed by atoms with Crippen LogP contribution in [0, 0.1) is 17.6 Å². The van der Waals surface area contributed by atoms with E-state index in [2.05, 4.69) is 7.05 Å². The fourth-order valence-corrected chi connectivity index (χ4v) is 5.45. The summed E-state index contributed by atoms with van der Waals surface area (Å²) in [5.41, 5.74) is -1.01. The lowest BCUT2D eigenvalue weighted by atomic mass is 9.80. The van der Waals surface area contributed by atoms with Crippen molar-refractivity contribution in [2.24, 2.45) is 5.92 Å². The van der Waals surface area contributed by atoms with Crippen molar-refractivity contribution in [3.05, 3.63) is 65.7 Å². The number of quaternary nitrogens is 1. The topological polar surface area (TPSA) is 95.9 Å². The molecule has 2 aromatic carbocycles. The molecule has 3 unspecified atom stereocenters. The lowest BCUT2D eigenvalue weighted by Gasteiger charge is -2.33. The van der Waals surface area contributed by atoms with Gasteiger partial charge in [-0.15, -0.1) is 0 Å². The van der Waals surface area contributed by atoms with Crippen LogP contribution in [0.15, 0.2) is 48.5 Å². The van der Waals surface area contributed by atoms with E-state index < -0.39 is 35.4 Å². The van der Waals surface area contributed by atoms with E-state index in [-0.39, 0.29) is 17.8 Å². The van der Waals surface area contributed by atoms with E-state index in [1.165, 1.54) is 12.1 Å². The van der Waals surface area contributed by atoms with Crippen molar-refractivity contribution in [3.63, 3.8) is 0 Å². The van der Waals surface area contributed by atoms with Crippen molar-refractivity contribution in [2.75, 3.05) is 33.3 Å². The van der Waals surface area contributed by atoms with Gasteiger partial charge in [-0.3, -0.25) is 0 Å². The quantitative estimate of drug-likeness (QED) is 0.207. The maximum atomic E-state index is 13.7. The molecule has 1 saturated heterocycles. The van der Waals surface area contributed by atoms with Gasteiger partial charge in [0.25, 0.3) is 0 Å². The number of carbonyl (C=O) groups excluding carboxylic acids is 2. The Morgan fingerprint density at radius 1 is 1.05 bits per heavy atom. The molecule has 1 aliphatic heterocycles. The molecule has 2 fully saturated rings. The molecule has 1 N–H and O–H groups in total. The third kappa shape index (κ3) is 8.62. The lowest BCUT2D eigenvalue weighted by Crippen LogP contribution is -2.47. The van der Waals surface area contributed by atoms with Crippen LogP contribution in [-0.4, -0.2) is 67.1 Å². The van der Waals surface area contributed by atoms with Crippen molar-refractivity contribution in [2.45, 2.75) is 56.4 Å². The zero-order chi connectivity index (χ0) is 30.3. The second kappa shape index (κ2) is 13.6. The molecule has 12 heteroatoms. The molecular formula is C29H34F5NO6. The number of rotatable bonds is 9. The van der Waals surface area contributed by atoms with Gasteiger partial charge in [0.05, 0.1) is 26.7 Å². The summed E-state index contributed by atoms with van der Waals surface area (Å²) >= 11 is 0. The lowest BCUT2D eigenvalue weighted by molar-refractivity contribution is -0.899. The van der Waals surface area contributed by atoms with Crippen LogP contribution < -0.4 is 9.84 Å². The Morgan fingerprint density at radius 2 is 1.68 bits per heavy atom. The number of benzene rings is 2. The van der Waals surface area contributed by atoms with Crippen molar-refractivity contribution >= 4 is 11.9 Å². The number of hydrogen-bond donors (Lipinski definition) is 1. The summed E-state index contributed by atoms with van der Waals surface area (Å²) in [7, 11) is 2.10. The molecule has 41 heavy (non-hydrogen) atoms. The Hall–Kier alpha value is -3.25. The number of esters is 1. The van der Waals surface area contributed by atoms with Crippen LogP contribution in [-0.2, 0) is 19.9 Å². The van der Waals surface area contributed by atoms with Crippen molar-refractivity contribution in [1.29, 1.82) is 0 Å². The molecule has 0 bridgehead atoms. The van der Waals surface area contributed by atoms with Crippen LogP contribution in [0.2, 0.25) is 0 Å². The fourth-order valence-electron chi connectivity index (χ4n) is 5.45. The van der Waals surface area contributed by atoms with Gasteiger partial charge in [0.2, 0.25) is 0 Å². The smallest absolute Gasteiger partial charge is 0.430 e. The van der Waals surface area contributed by atoms with E-state index in [4.69, 9.17) is 19.4 Å². The third-order valence-electron chi connectivity index (χ3n) is 7.61. The predicted molar refractivity (Wildman–Crippen MR) is 135 cm³/mol. The van der Waals surface area contributed by atoms with Gasteiger partial charge in [-0.25, -0.2) is 13.6 Å². The van der Waals surface area contributed by atoms with Gasteiger partial charge < -0.3 is 29.0 Å². The van der Waals surface area contributed by atoms with Gasteiger partial charge in [-0.1, -0.05) is 43.2 Å². The molecule has 7 nitrogen and oxygen atoms in total. The Kier molecular flexibility index (Phi) is 10.7. The standard InChI is InChI=1S/C27H34F2NO4.C2HF3O2/c1-30(15-7-17-33-25-13-12-22(28)18-24(25)29)16-14-23(19-30)34-26(31)27(32,21-10-5-6-11-21)20-8-3-2-4-9-20;3-2(4,5)1(6)7/h2-4,8-9,12-13,18,21,23,32H,5-7,10-11,14-17,19H2,1H3;(H,6,7)/q+1;/p-1. The molecule has 1 saturated carbocycles. The number of aliphatic hydroxyl groups is 1. The van der Waals surface area contributed by atoms with Gasteiger partial charge in [0.15, 0.2) is 23.3 Å². The first-order valence-corrected chi connectivity index (χ1v) is 13.4. The van der Waals surface area contributed by atoms with Crippen molar-refractivity contribution in [3.8, 4) is 5.75 Å². The molecule has 226 valence electrons. The molecule has 1 aliphatic carbocycles. The Morgan fingerprint density at radius 3 is 2.27 bits per heavy atom. The predicted octanol–water partition coefficient (Wildman–Crippen LogP) is 3.87. The van der Waals surface area contributed by atoms with Crippen LogP contribution in [0.4, 0.5) is 22.0 Å². The minimum atomic E-state index is -5.19. The zero-order valence-electron chi connectivity index (χ0n) is 22.7. The molecule has 3 atom stereocenters. The summed E-state index contributed by atoms with van der Waals surface area (Å²) in [4.78, 5) is 22.1. The Bertz CT molecular complexity index is 1170. The number of carboxylic acid groups (broad SMARTS) is 1. The number of hydrogen-bond acceptors (Lipinski definition) is 6. The number of aliphatic carboxylic acids is 1. The number of ether oxygens (including phenoxy) is 2. The number of likely N-dealkylation sites (N-methyl/N-ethyl adjacent to an activating group) is 1. The monoisotopic (exact) mass is 587 g/mol. The third-order valence-corrected chi connectivity index (χ3v) is 7.61. The minimum Gasteiger partial charge on any atom is -0.542 e. The van der Waals surface area contributed by atoms with Crippen LogP contribution >= 0.6 is 0 Å². The van der Waals surface area contributed by atoms with Gasteiger partial charge in [0, 0.05) is 24.8 Å². The molecule has 0 aromatic heterocycles. The number of carbonyl (C=O) groups is 2. The molecule has 0 amide bonds. The molecule has 2 aromatic rings. The minimum absolute atomic E-state index is 0.0457. The largest absolute Gasteiger partial charge is 0.542 e. The molecule has 0 spiro atoms. The molecule has 2 aliphatic rings. The van der Waals surface area contributed by atoms with Crippen molar-refractivity contribution < 1.29 is 55.7 Å². The average molecular weight is 588 g/mol. The summed E-state index contributed by atoms with van der Waals surface area (Å²) in [5.74, 6) is -4.97. The highest BCUT2D eigenvalue weighted by Gasteiger charge is 2.49. The summed E-state index contributed by atoms with van der Waals surface area (Å²) in [6.45, 7) is 2.60. The fraction of sp³-hybridized carbons (Fsp3) is 0.517. The maximum absolute atomic E-state index is 13.7. The van der Waals surface area contributed by atoms with Crippen LogP contribution in [0.25, 0.3) is 0 Å². The first-order chi connectivity index (χ1) is 19.2. The van der Waals surface area contributed by atoms with E-state index in [9.17, 15) is 31.9 Å². The molecule has 4 rings (SSSR count). The van der Waals surface area contributed by atoms with Crippen LogP contribution in [0.5, 0.6) is 5.75 Å².